The average molecular weight is 360 g/mol. The molecule has 0 bridgehead atoms. The molecule has 1 aromatic rings. The van der Waals surface area contributed by atoms with Crippen LogP contribution in [0.5, 0.6) is 11.5 Å². The minimum absolute atomic E-state index is 0.0709. The lowest BCUT2D eigenvalue weighted by atomic mass is 9.97. The molecular formula is C20H28N2O4. The molecule has 2 amide bonds. The third kappa shape index (κ3) is 4.48. The molecule has 0 N–H and O–H groups in total. The summed E-state index contributed by atoms with van der Waals surface area (Å²) in [6.07, 6.45) is 3.30. The highest BCUT2D eigenvalue weighted by molar-refractivity contribution is 5.86. The number of ether oxygens (including phenoxy) is 2. The number of benzene rings is 1. The van der Waals surface area contributed by atoms with Crippen LogP contribution in [0, 0.1) is 5.92 Å². The molecule has 142 valence electrons. The van der Waals surface area contributed by atoms with Crippen molar-refractivity contribution in [3.8, 4) is 11.5 Å². The fourth-order valence-electron chi connectivity index (χ4n) is 3.60. The Morgan fingerprint density at radius 3 is 2.35 bits per heavy atom. The van der Waals surface area contributed by atoms with E-state index in [0.29, 0.717) is 18.9 Å². The first kappa shape index (κ1) is 18.5. The number of amides is 2. The van der Waals surface area contributed by atoms with Crippen LogP contribution in [-0.4, -0.2) is 61.0 Å². The van der Waals surface area contributed by atoms with Crippen molar-refractivity contribution in [3.05, 3.63) is 24.3 Å². The van der Waals surface area contributed by atoms with Gasteiger partial charge in [-0.1, -0.05) is 0 Å². The maximum absolute atomic E-state index is 12.5. The average Bonchev–Trinajstić information content (AvgIpc) is 2.99. The number of hydrogen-bond donors (Lipinski definition) is 0. The number of hydrogen-bond acceptors (Lipinski definition) is 4. The molecular weight excluding hydrogens is 332 g/mol. The lowest BCUT2D eigenvalue weighted by Gasteiger charge is -2.33. The van der Waals surface area contributed by atoms with Gasteiger partial charge in [0, 0.05) is 25.6 Å². The number of rotatable bonds is 6. The fraction of sp³-hybridized carbons (Fsp3) is 0.600. The lowest BCUT2D eigenvalue weighted by molar-refractivity contribution is -0.140. The summed E-state index contributed by atoms with van der Waals surface area (Å²) < 4.78 is 11.0. The summed E-state index contributed by atoms with van der Waals surface area (Å²) in [7, 11) is 1.64. The summed E-state index contributed by atoms with van der Waals surface area (Å²) in [5.74, 6) is 2.28. The van der Waals surface area contributed by atoms with Crippen molar-refractivity contribution in [3.63, 3.8) is 0 Å². The van der Waals surface area contributed by atoms with Crippen molar-refractivity contribution < 1.29 is 19.1 Å². The summed E-state index contributed by atoms with van der Waals surface area (Å²) in [5, 5.41) is 0. The molecule has 0 radical (unpaired) electrons. The van der Waals surface area contributed by atoms with E-state index < -0.39 is 0 Å². The number of nitrogens with zero attached hydrogens (tertiary/aromatic N) is 2. The first-order valence-corrected chi connectivity index (χ1v) is 9.41. The van der Waals surface area contributed by atoms with Crippen LogP contribution >= 0.6 is 0 Å². The third-order valence-electron chi connectivity index (χ3n) is 5.45. The second-order valence-electron chi connectivity index (χ2n) is 7.22. The van der Waals surface area contributed by atoms with E-state index in [9.17, 15) is 9.59 Å². The Bertz CT molecular complexity index is 623. The molecule has 2 aliphatic rings. The second-order valence-corrected chi connectivity index (χ2v) is 7.22. The number of methoxy groups -OCH3 is 1. The van der Waals surface area contributed by atoms with E-state index in [4.69, 9.17) is 9.47 Å². The Morgan fingerprint density at radius 2 is 1.77 bits per heavy atom. The highest BCUT2D eigenvalue weighted by atomic mass is 16.5. The first-order valence-electron chi connectivity index (χ1n) is 9.41. The lowest BCUT2D eigenvalue weighted by Crippen LogP contribution is -2.46. The Kier molecular flexibility index (Phi) is 6.01. The van der Waals surface area contributed by atoms with Crippen molar-refractivity contribution in [2.75, 3.05) is 33.4 Å². The van der Waals surface area contributed by atoms with E-state index >= 15 is 0 Å². The molecule has 0 aromatic heterocycles. The van der Waals surface area contributed by atoms with Gasteiger partial charge in [0.2, 0.25) is 11.8 Å². The minimum Gasteiger partial charge on any atom is -0.497 e. The smallest absolute Gasteiger partial charge is 0.242 e. The van der Waals surface area contributed by atoms with Gasteiger partial charge in [-0.15, -0.1) is 0 Å². The molecule has 1 aromatic carbocycles. The molecule has 6 heteroatoms. The van der Waals surface area contributed by atoms with Crippen LogP contribution in [0.4, 0.5) is 0 Å². The van der Waals surface area contributed by atoms with Gasteiger partial charge in [-0.05, 0) is 56.4 Å². The third-order valence-corrected chi connectivity index (χ3v) is 5.45. The molecule has 2 aliphatic heterocycles. The molecule has 1 atom stereocenters. The molecule has 2 heterocycles. The Hall–Kier alpha value is -2.24. The maximum atomic E-state index is 12.5. The predicted octanol–water partition coefficient (Wildman–Crippen LogP) is 2.32. The van der Waals surface area contributed by atoms with Gasteiger partial charge in [-0.25, -0.2) is 0 Å². The van der Waals surface area contributed by atoms with Crippen molar-refractivity contribution in [2.45, 2.75) is 38.6 Å². The molecule has 0 aliphatic carbocycles. The normalized spacial score (nSPS) is 21.2. The molecule has 0 spiro atoms. The van der Waals surface area contributed by atoms with Gasteiger partial charge >= 0.3 is 0 Å². The van der Waals surface area contributed by atoms with E-state index in [1.807, 2.05) is 36.1 Å². The monoisotopic (exact) mass is 360 g/mol. The molecule has 0 unspecified atom stereocenters. The summed E-state index contributed by atoms with van der Waals surface area (Å²) in [5.41, 5.74) is 0. The van der Waals surface area contributed by atoms with Gasteiger partial charge in [-0.3, -0.25) is 9.59 Å². The molecule has 2 saturated heterocycles. The van der Waals surface area contributed by atoms with Crippen LogP contribution in [0.3, 0.4) is 0 Å². The highest BCUT2D eigenvalue weighted by Gasteiger charge is 2.31. The standard InChI is InChI=1S/C20H28N2O4/c1-15-3-8-19(23)22(15)13-20(24)21-11-9-16(10-12-21)14-26-18-6-4-17(25-2)5-7-18/h4-7,15-16H,3,8-14H2,1-2H3/t15-/m1/s1. The van der Waals surface area contributed by atoms with E-state index in [1.165, 1.54) is 0 Å². The van der Waals surface area contributed by atoms with E-state index in [-0.39, 0.29) is 24.4 Å². The Labute approximate surface area is 155 Å². The molecule has 3 rings (SSSR count). The first-order chi connectivity index (χ1) is 12.6. The van der Waals surface area contributed by atoms with Crippen LogP contribution in [0.1, 0.15) is 32.6 Å². The predicted molar refractivity (Wildman–Crippen MR) is 98.2 cm³/mol. The topological polar surface area (TPSA) is 59.1 Å². The van der Waals surface area contributed by atoms with E-state index in [2.05, 4.69) is 0 Å². The highest BCUT2D eigenvalue weighted by Crippen LogP contribution is 2.23. The summed E-state index contributed by atoms with van der Waals surface area (Å²) in [6, 6.07) is 7.77. The van der Waals surface area contributed by atoms with Gasteiger partial charge in [0.05, 0.1) is 20.3 Å². The number of carbonyl (C=O) groups is 2. The zero-order valence-corrected chi connectivity index (χ0v) is 15.6. The zero-order chi connectivity index (χ0) is 18.5. The van der Waals surface area contributed by atoms with Crippen LogP contribution in [-0.2, 0) is 9.59 Å². The number of carbonyl (C=O) groups excluding carboxylic acids is 2. The second kappa shape index (κ2) is 8.43. The van der Waals surface area contributed by atoms with Crippen molar-refractivity contribution >= 4 is 11.8 Å². The minimum atomic E-state index is 0.0709. The Balaban J connectivity index is 1.40. The van der Waals surface area contributed by atoms with Gasteiger partial charge < -0.3 is 19.3 Å². The van der Waals surface area contributed by atoms with Crippen LogP contribution in [0.2, 0.25) is 0 Å². The van der Waals surface area contributed by atoms with E-state index in [1.54, 1.807) is 12.0 Å². The van der Waals surface area contributed by atoms with Crippen LogP contribution in [0.15, 0.2) is 24.3 Å². The van der Waals surface area contributed by atoms with Gasteiger partial charge in [0.25, 0.3) is 0 Å². The van der Waals surface area contributed by atoms with E-state index in [0.717, 1.165) is 43.9 Å². The summed E-state index contributed by atoms with van der Waals surface area (Å²) in [6.45, 7) is 4.39. The zero-order valence-electron chi connectivity index (χ0n) is 15.6. The number of likely N-dealkylation sites (tertiary alicyclic amines) is 2. The fourth-order valence-corrected chi connectivity index (χ4v) is 3.60. The SMILES string of the molecule is COc1ccc(OCC2CCN(C(=O)CN3C(=O)CC[C@H]3C)CC2)cc1. The van der Waals surface area contributed by atoms with Crippen molar-refractivity contribution in [2.24, 2.45) is 5.92 Å². The Morgan fingerprint density at radius 1 is 1.12 bits per heavy atom. The van der Waals surface area contributed by atoms with Gasteiger partial charge in [-0.2, -0.15) is 0 Å². The largest absolute Gasteiger partial charge is 0.497 e. The van der Waals surface area contributed by atoms with Crippen LogP contribution < -0.4 is 9.47 Å². The molecule has 6 nitrogen and oxygen atoms in total. The van der Waals surface area contributed by atoms with Gasteiger partial charge in [0.1, 0.15) is 11.5 Å². The molecule has 2 fully saturated rings. The quantitative estimate of drug-likeness (QED) is 0.781. The van der Waals surface area contributed by atoms with Crippen molar-refractivity contribution in [1.29, 1.82) is 0 Å². The number of piperidine rings is 1. The maximum Gasteiger partial charge on any atom is 0.242 e. The summed E-state index contributed by atoms with van der Waals surface area (Å²) >= 11 is 0. The molecule has 0 saturated carbocycles. The van der Waals surface area contributed by atoms with Crippen molar-refractivity contribution in [1.82, 2.24) is 9.80 Å². The summed E-state index contributed by atoms with van der Waals surface area (Å²) in [4.78, 5) is 27.9. The molecule has 26 heavy (non-hydrogen) atoms. The van der Waals surface area contributed by atoms with Gasteiger partial charge in [0.15, 0.2) is 0 Å². The van der Waals surface area contributed by atoms with Crippen LogP contribution in [0.25, 0.3) is 0 Å².